The molecular formula is C13H25NO. The van der Waals surface area contributed by atoms with E-state index in [1.54, 1.807) is 0 Å². The van der Waals surface area contributed by atoms with Gasteiger partial charge in [0, 0.05) is 19.0 Å². The van der Waals surface area contributed by atoms with Crippen molar-refractivity contribution in [2.75, 3.05) is 13.1 Å². The van der Waals surface area contributed by atoms with Gasteiger partial charge in [0.15, 0.2) is 0 Å². The van der Waals surface area contributed by atoms with Gasteiger partial charge in [-0.3, -0.25) is 4.79 Å². The van der Waals surface area contributed by atoms with Gasteiger partial charge in [-0.15, -0.1) is 0 Å². The van der Waals surface area contributed by atoms with E-state index < -0.39 is 0 Å². The molecule has 88 valence electrons. The molecule has 1 rings (SSSR count). The highest BCUT2D eigenvalue weighted by molar-refractivity contribution is 5.78. The van der Waals surface area contributed by atoms with Gasteiger partial charge >= 0.3 is 0 Å². The van der Waals surface area contributed by atoms with Gasteiger partial charge in [0.1, 0.15) is 0 Å². The van der Waals surface area contributed by atoms with Crippen LogP contribution in [-0.4, -0.2) is 23.9 Å². The average molecular weight is 211 g/mol. The summed E-state index contributed by atoms with van der Waals surface area (Å²) in [6.07, 6.45) is 3.40. The second-order valence-electron chi connectivity index (χ2n) is 5.38. The maximum Gasteiger partial charge on any atom is 0.225 e. The fourth-order valence-electron chi connectivity index (χ4n) is 2.71. The van der Waals surface area contributed by atoms with Crippen molar-refractivity contribution in [3.8, 4) is 0 Å². The van der Waals surface area contributed by atoms with Crippen molar-refractivity contribution in [2.45, 2.75) is 47.0 Å². The van der Waals surface area contributed by atoms with Crippen molar-refractivity contribution in [3.05, 3.63) is 0 Å². The minimum Gasteiger partial charge on any atom is -0.342 e. The molecule has 1 heterocycles. The molecule has 1 amide bonds. The zero-order valence-electron chi connectivity index (χ0n) is 10.6. The molecule has 3 atom stereocenters. The highest BCUT2D eigenvalue weighted by Gasteiger charge is 2.27. The van der Waals surface area contributed by atoms with Crippen LogP contribution in [0.25, 0.3) is 0 Å². The van der Waals surface area contributed by atoms with Gasteiger partial charge in [-0.25, -0.2) is 0 Å². The Kier molecular flexibility index (Phi) is 4.62. The topological polar surface area (TPSA) is 20.3 Å². The van der Waals surface area contributed by atoms with Crippen molar-refractivity contribution in [1.82, 2.24) is 4.90 Å². The second-order valence-corrected chi connectivity index (χ2v) is 5.38. The van der Waals surface area contributed by atoms with E-state index in [1.165, 1.54) is 6.42 Å². The molecule has 0 saturated carbocycles. The SMILES string of the molecule is CCC[C@@H](C)C(=O)N1C[C@H](C)C[C@H](C)C1. The molecule has 0 unspecified atom stereocenters. The molecule has 0 bridgehead atoms. The quantitative estimate of drug-likeness (QED) is 0.703. The largest absolute Gasteiger partial charge is 0.342 e. The summed E-state index contributed by atoms with van der Waals surface area (Å²) < 4.78 is 0. The number of piperidine rings is 1. The van der Waals surface area contributed by atoms with E-state index in [-0.39, 0.29) is 5.92 Å². The first-order chi connectivity index (χ1) is 7.04. The van der Waals surface area contributed by atoms with E-state index in [9.17, 15) is 4.79 Å². The van der Waals surface area contributed by atoms with Gasteiger partial charge in [0.25, 0.3) is 0 Å². The summed E-state index contributed by atoms with van der Waals surface area (Å²) in [5, 5.41) is 0. The van der Waals surface area contributed by atoms with Crippen molar-refractivity contribution < 1.29 is 4.79 Å². The molecule has 0 aromatic carbocycles. The molecule has 2 heteroatoms. The van der Waals surface area contributed by atoms with Gasteiger partial charge in [0.2, 0.25) is 5.91 Å². The summed E-state index contributed by atoms with van der Waals surface area (Å²) in [6.45, 7) is 10.6. The normalized spacial score (nSPS) is 28.9. The predicted molar refractivity (Wildman–Crippen MR) is 63.6 cm³/mol. The first-order valence-electron chi connectivity index (χ1n) is 6.33. The number of amides is 1. The molecule has 0 aromatic heterocycles. The van der Waals surface area contributed by atoms with Crippen LogP contribution in [0.15, 0.2) is 0 Å². The number of hydrogen-bond acceptors (Lipinski definition) is 1. The summed E-state index contributed by atoms with van der Waals surface area (Å²) in [5.41, 5.74) is 0. The number of carbonyl (C=O) groups is 1. The Morgan fingerprint density at radius 2 is 1.87 bits per heavy atom. The van der Waals surface area contributed by atoms with Crippen LogP contribution in [0.4, 0.5) is 0 Å². The lowest BCUT2D eigenvalue weighted by Crippen LogP contribution is -2.44. The van der Waals surface area contributed by atoms with Crippen LogP contribution in [-0.2, 0) is 4.79 Å². The number of carbonyl (C=O) groups excluding carboxylic acids is 1. The third kappa shape index (κ3) is 3.51. The monoisotopic (exact) mass is 211 g/mol. The third-order valence-electron chi connectivity index (χ3n) is 3.32. The number of nitrogens with zero attached hydrogens (tertiary/aromatic N) is 1. The van der Waals surface area contributed by atoms with E-state index in [2.05, 4.69) is 32.6 Å². The fraction of sp³-hybridized carbons (Fsp3) is 0.923. The van der Waals surface area contributed by atoms with Crippen LogP contribution in [0.5, 0.6) is 0 Å². The smallest absolute Gasteiger partial charge is 0.225 e. The van der Waals surface area contributed by atoms with Crippen LogP contribution in [0, 0.1) is 17.8 Å². The van der Waals surface area contributed by atoms with Crippen molar-refractivity contribution >= 4 is 5.91 Å². The van der Waals surface area contributed by atoms with Crippen LogP contribution in [0.3, 0.4) is 0 Å². The average Bonchev–Trinajstić information content (AvgIpc) is 2.15. The van der Waals surface area contributed by atoms with E-state index in [0.29, 0.717) is 17.7 Å². The molecule has 0 aliphatic carbocycles. The molecule has 1 aliphatic rings. The van der Waals surface area contributed by atoms with Crippen LogP contribution < -0.4 is 0 Å². The van der Waals surface area contributed by atoms with Crippen molar-refractivity contribution in [1.29, 1.82) is 0 Å². The Morgan fingerprint density at radius 3 is 2.33 bits per heavy atom. The molecule has 1 saturated heterocycles. The fourth-order valence-corrected chi connectivity index (χ4v) is 2.71. The molecule has 1 aliphatic heterocycles. The molecule has 2 nitrogen and oxygen atoms in total. The minimum atomic E-state index is 0.215. The molecular weight excluding hydrogens is 186 g/mol. The van der Waals surface area contributed by atoms with Crippen molar-refractivity contribution in [3.63, 3.8) is 0 Å². The number of likely N-dealkylation sites (tertiary alicyclic amines) is 1. The summed E-state index contributed by atoms with van der Waals surface area (Å²) in [4.78, 5) is 14.2. The Morgan fingerprint density at radius 1 is 1.33 bits per heavy atom. The number of rotatable bonds is 3. The molecule has 0 aromatic rings. The maximum atomic E-state index is 12.1. The van der Waals surface area contributed by atoms with Crippen LogP contribution >= 0.6 is 0 Å². The Bertz CT molecular complexity index is 205. The van der Waals surface area contributed by atoms with Crippen LogP contribution in [0.1, 0.15) is 47.0 Å². The third-order valence-corrected chi connectivity index (χ3v) is 3.32. The Balaban J connectivity index is 2.51. The lowest BCUT2D eigenvalue weighted by atomic mass is 9.90. The standard InChI is InChI=1S/C13H25NO/c1-5-6-12(4)13(15)14-8-10(2)7-11(3)9-14/h10-12H,5-9H2,1-4H3/t10-,11+,12-/m1/s1. The number of hydrogen-bond donors (Lipinski definition) is 0. The summed E-state index contributed by atoms with van der Waals surface area (Å²) >= 11 is 0. The lowest BCUT2D eigenvalue weighted by Gasteiger charge is -2.36. The van der Waals surface area contributed by atoms with E-state index in [4.69, 9.17) is 0 Å². The highest BCUT2D eigenvalue weighted by atomic mass is 16.2. The molecule has 15 heavy (non-hydrogen) atoms. The first-order valence-corrected chi connectivity index (χ1v) is 6.33. The lowest BCUT2D eigenvalue weighted by molar-refractivity contribution is -0.137. The molecule has 0 radical (unpaired) electrons. The minimum absolute atomic E-state index is 0.215. The second kappa shape index (κ2) is 5.53. The maximum absolute atomic E-state index is 12.1. The van der Waals surface area contributed by atoms with Gasteiger partial charge in [-0.05, 0) is 24.7 Å². The van der Waals surface area contributed by atoms with E-state index in [1.807, 2.05) is 0 Å². The highest BCUT2D eigenvalue weighted by Crippen LogP contribution is 2.23. The van der Waals surface area contributed by atoms with E-state index >= 15 is 0 Å². The van der Waals surface area contributed by atoms with Gasteiger partial charge in [0.05, 0.1) is 0 Å². The van der Waals surface area contributed by atoms with E-state index in [0.717, 1.165) is 25.9 Å². The zero-order valence-corrected chi connectivity index (χ0v) is 10.6. The van der Waals surface area contributed by atoms with Gasteiger partial charge in [-0.1, -0.05) is 34.1 Å². The molecule has 0 N–H and O–H groups in total. The summed E-state index contributed by atoms with van der Waals surface area (Å²) in [5.74, 6) is 1.93. The Labute approximate surface area is 94.0 Å². The van der Waals surface area contributed by atoms with Crippen molar-refractivity contribution in [2.24, 2.45) is 17.8 Å². The molecule has 1 fully saturated rings. The summed E-state index contributed by atoms with van der Waals surface area (Å²) in [7, 11) is 0. The predicted octanol–water partition coefficient (Wildman–Crippen LogP) is 2.93. The molecule has 0 spiro atoms. The Hall–Kier alpha value is -0.530. The summed E-state index contributed by atoms with van der Waals surface area (Å²) in [6, 6.07) is 0. The van der Waals surface area contributed by atoms with Gasteiger partial charge in [-0.2, -0.15) is 0 Å². The van der Waals surface area contributed by atoms with Crippen LogP contribution in [0.2, 0.25) is 0 Å². The first kappa shape index (κ1) is 12.5. The zero-order chi connectivity index (χ0) is 11.4. The van der Waals surface area contributed by atoms with Gasteiger partial charge < -0.3 is 4.90 Å².